The van der Waals surface area contributed by atoms with E-state index in [4.69, 9.17) is 4.74 Å². The lowest BCUT2D eigenvalue weighted by atomic mass is 10.0. The molecule has 186 valence electrons. The maximum atomic E-state index is 13.7. The number of nitrogens with zero attached hydrogens (tertiary/aromatic N) is 3. The highest BCUT2D eigenvalue weighted by Crippen LogP contribution is 2.36. The van der Waals surface area contributed by atoms with Gasteiger partial charge in [-0.25, -0.2) is 4.98 Å². The summed E-state index contributed by atoms with van der Waals surface area (Å²) in [6.45, 7) is 4.23. The van der Waals surface area contributed by atoms with E-state index in [1.165, 1.54) is 17.0 Å². The summed E-state index contributed by atoms with van der Waals surface area (Å²) in [5.41, 5.74) is 1.09. The third-order valence-electron chi connectivity index (χ3n) is 5.82. The van der Waals surface area contributed by atoms with E-state index in [1.807, 2.05) is 44.2 Å². The summed E-state index contributed by atoms with van der Waals surface area (Å²) in [6.07, 6.45) is 0.396. The molecule has 4 rings (SSSR count). The summed E-state index contributed by atoms with van der Waals surface area (Å²) in [5.74, 6) is 0.125. The Kier molecular flexibility index (Phi) is 7.43. The van der Waals surface area contributed by atoms with E-state index >= 15 is 0 Å². The van der Waals surface area contributed by atoms with Crippen molar-refractivity contribution in [1.29, 1.82) is 0 Å². The fraction of sp³-hybridized carbons (Fsp3) is 0.269. The molecule has 0 bridgehead atoms. The Morgan fingerprint density at radius 1 is 1.11 bits per heavy atom. The predicted octanol–water partition coefficient (Wildman–Crippen LogP) is 4.03. The van der Waals surface area contributed by atoms with Gasteiger partial charge in [0.25, 0.3) is 17.5 Å². The van der Waals surface area contributed by atoms with Gasteiger partial charge >= 0.3 is 0 Å². The first-order valence-electron chi connectivity index (χ1n) is 11.6. The molecule has 0 saturated carbocycles. The van der Waals surface area contributed by atoms with Crippen LogP contribution in [0.25, 0.3) is 0 Å². The number of hydrogen-bond acceptors (Lipinski definition) is 7. The van der Waals surface area contributed by atoms with Crippen LogP contribution in [0.2, 0.25) is 0 Å². The second-order valence-corrected chi connectivity index (χ2v) is 8.70. The van der Waals surface area contributed by atoms with Gasteiger partial charge in [-0.1, -0.05) is 50.2 Å². The normalized spacial score (nSPS) is 17.1. The number of carbonyl (C=O) groups is 2. The Labute approximate surface area is 208 Å². The Morgan fingerprint density at radius 3 is 2.50 bits per heavy atom. The first kappa shape index (κ1) is 24.6. The van der Waals surface area contributed by atoms with Gasteiger partial charge in [-0.2, -0.15) is 0 Å². The van der Waals surface area contributed by atoms with Crippen LogP contribution in [0.1, 0.15) is 25.5 Å². The van der Waals surface area contributed by atoms with Crippen molar-refractivity contribution in [3.8, 4) is 5.75 Å². The molecule has 10 nitrogen and oxygen atoms in total. The highest BCUT2D eigenvalue weighted by molar-refractivity contribution is 5.99. The summed E-state index contributed by atoms with van der Waals surface area (Å²) < 4.78 is 6.12. The Hall–Kier alpha value is -4.47. The molecule has 0 aliphatic carbocycles. The van der Waals surface area contributed by atoms with Crippen molar-refractivity contribution in [2.45, 2.75) is 26.0 Å². The third kappa shape index (κ3) is 5.43. The van der Waals surface area contributed by atoms with Crippen LogP contribution in [-0.4, -0.2) is 45.8 Å². The molecule has 2 N–H and O–H groups in total. The zero-order valence-electron chi connectivity index (χ0n) is 20.0. The maximum Gasteiger partial charge on any atom is 0.287 e. The van der Waals surface area contributed by atoms with Crippen LogP contribution in [0.3, 0.4) is 0 Å². The summed E-state index contributed by atoms with van der Waals surface area (Å²) in [5, 5.41) is 16.9. The number of benzene rings is 2. The second-order valence-electron chi connectivity index (χ2n) is 8.70. The van der Waals surface area contributed by atoms with Crippen molar-refractivity contribution in [3.05, 3.63) is 88.6 Å². The molecule has 2 atom stereocenters. The highest BCUT2D eigenvalue weighted by Gasteiger charge is 2.41. The largest absolute Gasteiger partial charge is 0.480 e. The van der Waals surface area contributed by atoms with Gasteiger partial charge < -0.3 is 20.3 Å². The van der Waals surface area contributed by atoms with Crippen molar-refractivity contribution in [3.63, 3.8) is 0 Å². The van der Waals surface area contributed by atoms with E-state index in [2.05, 4.69) is 15.6 Å². The van der Waals surface area contributed by atoms with Crippen LogP contribution in [0.5, 0.6) is 5.75 Å². The van der Waals surface area contributed by atoms with Crippen LogP contribution >= 0.6 is 0 Å². The van der Waals surface area contributed by atoms with Crippen molar-refractivity contribution < 1.29 is 19.2 Å². The fourth-order valence-corrected chi connectivity index (χ4v) is 4.04. The highest BCUT2D eigenvalue weighted by atomic mass is 16.6. The van der Waals surface area contributed by atoms with Gasteiger partial charge in [0.2, 0.25) is 0 Å². The van der Waals surface area contributed by atoms with Gasteiger partial charge in [0.05, 0.1) is 4.92 Å². The molecule has 2 unspecified atom stereocenters. The summed E-state index contributed by atoms with van der Waals surface area (Å²) in [4.78, 5) is 43.2. The summed E-state index contributed by atoms with van der Waals surface area (Å²) >= 11 is 0. The number of anilines is 2. The molecule has 0 fully saturated rings. The molecular formula is C26H27N5O5. The lowest BCUT2D eigenvalue weighted by Gasteiger charge is -2.31. The molecule has 1 aliphatic heterocycles. The minimum absolute atomic E-state index is 0.116. The van der Waals surface area contributed by atoms with Crippen molar-refractivity contribution in [2.75, 3.05) is 23.7 Å². The van der Waals surface area contributed by atoms with E-state index in [1.54, 1.807) is 24.3 Å². The topological polar surface area (TPSA) is 127 Å². The molecule has 36 heavy (non-hydrogen) atoms. The first-order chi connectivity index (χ1) is 17.3. The predicted molar refractivity (Wildman–Crippen MR) is 135 cm³/mol. The van der Waals surface area contributed by atoms with Gasteiger partial charge in [0.15, 0.2) is 6.10 Å². The molecular weight excluding hydrogens is 462 g/mol. The molecule has 2 amide bonds. The number of hydrogen-bond donors (Lipinski definition) is 2. The lowest BCUT2D eigenvalue weighted by Crippen LogP contribution is -2.48. The maximum absolute atomic E-state index is 13.7. The van der Waals surface area contributed by atoms with Gasteiger partial charge in [0.1, 0.15) is 23.8 Å². The SMILES string of the molecule is CC(C)C1Oc2ccccc2C(C(=O)Nc2ccccc2)N(CCNc2ccc([N+](=O)[O-])cn2)C1=O. The monoisotopic (exact) mass is 489 g/mol. The van der Waals surface area contributed by atoms with E-state index in [9.17, 15) is 19.7 Å². The van der Waals surface area contributed by atoms with E-state index in [-0.39, 0.29) is 36.5 Å². The third-order valence-corrected chi connectivity index (χ3v) is 5.82. The number of aromatic nitrogens is 1. The lowest BCUT2D eigenvalue weighted by molar-refractivity contribution is -0.385. The molecule has 0 saturated heterocycles. The zero-order chi connectivity index (χ0) is 25.7. The Morgan fingerprint density at radius 2 is 1.83 bits per heavy atom. The minimum Gasteiger partial charge on any atom is -0.480 e. The number of rotatable bonds is 8. The quantitative estimate of drug-likeness (QED) is 0.361. The average Bonchev–Trinajstić information content (AvgIpc) is 2.99. The van der Waals surface area contributed by atoms with Crippen molar-refractivity contribution in [2.24, 2.45) is 5.92 Å². The average molecular weight is 490 g/mol. The van der Waals surface area contributed by atoms with Crippen LogP contribution in [0.15, 0.2) is 72.9 Å². The van der Waals surface area contributed by atoms with E-state index in [0.717, 1.165) is 6.20 Å². The first-order valence-corrected chi connectivity index (χ1v) is 11.6. The zero-order valence-corrected chi connectivity index (χ0v) is 20.0. The smallest absolute Gasteiger partial charge is 0.287 e. The van der Waals surface area contributed by atoms with Crippen molar-refractivity contribution in [1.82, 2.24) is 9.88 Å². The molecule has 1 aliphatic rings. The van der Waals surface area contributed by atoms with Crippen LogP contribution in [-0.2, 0) is 9.59 Å². The fourth-order valence-electron chi connectivity index (χ4n) is 4.04. The molecule has 0 spiro atoms. The number of pyridine rings is 1. The molecule has 3 aromatic rings. The number of ether oxygens (including phenoxy) is 1. The molecule has 10 heteroatoms. The van der Waals surface area contributed by atoms with Crippen molar-refractivity contribution >= 4 is 29.0 Å². The number of amides is 2. The van der Waals surface area contributed by atoms with Gasteiger partial charge in [0, 0.05) is 30.4 Å². The summed E-state index contributed by atoms with van der Waals surface area (Å²) in [6, 6.07) is 18.1. The molecule has 1 aromatic heterocycles. The number of para-hydroxylation sites is 2. The summed E-state index contributed by atoms with van der Waals surface area (Å²) in [7, 11) is 0. The number of nitrogens with one attached hydrogen (secondary N) is 2. The Balaban J connectivity index is 1.62. The number of nitro groups is 1. The standard InChI is InChI=1S/C26H27N5O5/c1-17(2)24-26(33)30(15-14-27-22-13-12-19(16-28-22)31(34)35)23(20-10-6-7-11-21(20)36-24)25(32)29-18-8-4-3-5-9-18/h3-13,16-17,23-24H,14-15H2,1-2H3,(H,27,28)(H,29,32). The number of carbonyl (C=O) groups excluding carboxylic acids is 2. The molecule has 0 radical (unpaired) electrons. The second kappa shape index (κ2) is 10.9. The van der Waals surface area contributed by atoms with E-state index < -0.39 is 17.1 Å². The van der Waals surface area contributed by atoms with E-state index in [0.29, 0.717) is 22.8 Å². The minimum atomic E-state index is -0.927. The van der Waals surface area contributed by atoms with Gasteiger partial charge in [-0.05, 0) is 30.2 Å². The Bertz CT molecular complexity index is 1230. The van der Waals surface area contributed by atoms with Gasteiger partial charge in [-0.15, -0.1) is 0 Å². The number of fused-ring (bicyclic) bond motifs is 1. The van der Waals surface area contributed by atoms with Gasteiger partial charge in [-0.3, -0.25) is 19.7 Å². The molecule has 2 heterocycles. The van der Waals surface area contributed by atoms with Crippen LogP contribution in [0, 0.1) is 16.0 Å². The van der Waals surface area contributed by atoms with Crippen LogP contribution < -0.4 is 15.4 Å². The molecule has 2 aromatic carbocycles. The van der Waals surface area contributed by atoms with Crippen LogP contribution in [0.4, 0.5) is 17.2 Å².